The van der Waals surface area contributed by atoms with Crippen LogP contribution in [0.3, 0.4) is 0 Å². The number of hydrazone groups is 1. The van der Waals surface area contributed by atoms with Gasteiger partial charge >= 0.3 is 5.88 Å². The van der Waals surface area contributed by atoms with Crippen molar-refractivity contribution in [2.75, 3.05) is 32.0 Å². The molecule has 3 aromatic rings. The molecule has 1 aliphatic rings. The number of carbonyl (C=O) groups excluding carboxylic acids is 1. The normalized spacial score (nSPS) is 15.1. The summed E-state index contributed by atoms with van der Waals surface area (Å²) in [7, 11) is 0. The molecule has 4 rings (SSSR count). The number of carbonyl (C=O) groups is 1. The van der Waals surface area contributed by atoms with Gasteiger partial charge in [0.05, 0.1) is 25.0 Å². The van der Waals surface area contributed by atoms with Gasteiger partial charge < -0.3 is 14.9 Å². The van der Waals surface area contributed by atoms with Gasteiger partial charge in [-0.05, 0) is 23.3 Å². The van der Waals surface area contributed by atoms with Crippen LogP contribution in [0.15, 0.2) is 26.3 Å². The van der Waals surface area contributed by atoms with Gasteiger partial charge in [0.15, 0.2) is 11.5 Å². The number of hydrogen-bond acceptors (Lipinski definition) is 13. The number of nitrogens with one attached hydrogen (secondary N) is 1. The Morgan fingerprint density at radius 2 is 2.12 bits per heavy atom. The molecule has 0 unspecified atom stereocenters. The van der Waals surface area contributed by atoms with Crippen molar-refractivity contribution < 1.29 is 23.5 Å². The molecular formula is C16H18N10O6. The Hall–Kier alpha value is -4.18. The summed E-state index contributed by atoms with van der Waals surface area (Å²) in [5, 5.41) is 29.9. The number of morpholine rings is 1. The number of rotatable bonds is 7. The third-order valence-corrected chi connectivity index (χ3v) is 4.61. The van der Waals surface area contributed by atoms with Crippen molar-refractivity contribution in [3.8, 4) is 5.82 Å². The number of nitro groups is 1. The van der Waals surface area contributed by atoms with E-state index in [1.54, 1.807) is 0 Å². The van der Waals surface area contributed by atoms with Gasteiger partial charge in [-0.15, -0.1) is 5.10 Å². The first-order chi connectivity index (χ1) is 15.4. The molecule has 4 heterocycles. The van der Waals surface area contributed by atoms with E-state index >= 15 is 0 Å². The smallest absolute Gasteiger partial charge is 0.399 e. The molecule has 0 bridgehead atoms. The van der Waals surface area contributed by atoms with Crippen LogP contribution in [0, 0.1) is 10.1 Å². The van der Waals surface area contributed by atoms with Crippen molar-refractivity contribution in [1.82, 2.24) is 35.6 Å². The maximum atomic E-state index is 12.8. The molecule has 0 radical (unpaired) electrons. The molecular weight excluding hydrogens is 428 g/mol. The minimum atomic E-state index is -0.671. The minimum Gasteiger partial charge on any atom is -0.399 e. The molecule has 0 atom stereocenters. The van der Waals surface area contributed by atoms with E-state index in [0.29, 0.717) is 38.5 Å². The molecule has 32 heavy (non-hydrogen) atoms. The van der Waals surface area contributed by atoms with Crippen molar-refractivity contribution in [1.29, 1.82) is 0 Å². The zero-order valence-corrected chi connectivity index (χ0v) is 16.8. The highest BCUT2D eigenvalue weighted by Crippen LogP contribution is 2.19. The van der Waals surface area contributed by atoms with Gasteiger partial charge in [-0.3, -0.25) is 19.8 Å². The monoisotopic (exact) mass is 446 g/mol. The highest BCUT2D eigenvalue weighted by Gasteiger charge is 2.26. The average molecular weight is 446 g/mol. The van der Waals surface area contributed by atoms with Crippen LogP contribution in [0.2, 0.25) is 0 Å². The predicted molar refractivity (Wildman–Crippen MR) is 105 cm³/mol. The Balaban J connectivity index is 1.58. The van der Waals surface area contributed by atoms with Gasteiger partial charge in [-0.2, -0.15) is 9.78 Å². The maximum Gasteiger partial charge on any atom is 0.433 e. The lowest BCUT2D eigenvalue weighted by Crippen LogP contribution is -2.37. The van der Waals surface area contributed by atoms with Gasteiger partial charge in [0.2, 0.25) is 11.6 Å². The summed E-state index contributed by atoms with van der Waals surface area (Å²) in [6, 6.07) is 2.57. The number of nitrogens with two attached hydrogens (primary N) is 1. The largest absolute Gasteiger partial charge is 0.433 e. The van der Waals surface area contributed by atoms with Gasteiger partial charge in [0, 0.05) is 19.6 Å². The van der Waals surface area contributed by atoms with E-state index in [9.17, 15) is 14.9 Å². The molecule has 16 nitrogen and oxygen atoms in total. The quantitative estimate of drug-likeness (QED) is 0.273. The van der Waals surface area contributed by atoms with E-state index in [0.717, 1.165) is 0 Å². The Labute approximate surface area is 179 Å². The van der Waals surface area contributed by atoms with E-state index in [1.165, 1.54) is 23.7 Å². The van der Waals surface area contributed by atoms with E-state index in [1.807, 2.05) is 0 Å². The van der Waals surface area contributed by atoms with Gasteiger partial charge in [-0.25, -0.2) is 10.1 Å². The van der Waals surface area contributed by atoms with Crippen LogP contribution in [-0.2, 0) is 11.3 Å². The third-order valence-electron chi connectivity index (χ3n) is 4.61. The second-order valence-corrected chi connectivity index (χ2v) is 6.69. The standard InChI is InChI=1S/C16H18N10O6/c1-9(11-2-3-12(31-11)26(28)29)18-20-16(27)13-10(8-24-4-6-30-7-5-24)25(23-19-13)15-14(17)21-32-22-15/h2-3H,4-8H2,1H3,(H2,17,21)(H,20,27)/b18-9+. The third kappa shape index (κ3) is 4.30. The summed E-state index contributed by atoms with van der Waals surface area (Å²) < 4.78 is 16.3. The van der Waals surface area contributed by atoms with Crippen molar-refractivity contribution in [2.24, 2.45) is 5.10 Å². The number of hydrogen-bond donors (Lipinski definition) is 2. The Kier molecular flexibility index (Phi) is 5.86. The number of furan rings is 1. The minimum absolute atomic E-state index is 0.0131. The van der Waals surface area contributed by atoms with Gasteiger partial charge in [0.25, 0.3) is 5.91 Å². The first-order valence-corrected chi connectivity index (χ1v) is 9.36. The van der Waals surface area contributed by atoms with Crippen LogP contribution in [0.25, 0.3) is 5.82 Å². The Morgan fingerprint density at radius 3 is 2.78 bits per heavy atom. The molecule has 0 aliphatic carbocycles. The molecule has 3 aromatic heterocycles. The average Bonchev–Trinajstić information content (AvgIpc) is 3.52. The topological polar surface area (TPSA) is 206 Å². The molecule has 3 N–H and O–H groups in total. The van der Waals surface area contributed by atoms with Crippen LogP contribution in [0.4, 0.5) is 11.7 Å². The zero-order valence-electron chi connectivity index (χ0n) is 16.8. The van der Waals surface area contributed by atoms with E-state index < -0.39 is 16.7 Å². The molecule has 1 fully saturated rings. The van der Waals surface area contributed by atoms with Crippen LogP contribution in [0.5, 0.6) is 0 Å². The summed E-state index contributed by atoms with van der Waals surface area (Å²) >= 11 is 0. The maximum absolute atomic E-state index is 12.8. The first-order valence-electron chi connectivity index (χ1n) is 9.36. The van der Waals surface area contributed by atoms with E-state index in [-0.39, 0.29) is 28.8 Å². The summed E-state index contributed by atoms with van der Waals surface area (Å²) in [5.41, 5.74) is 8.74. The Bertz CT molecular complexity index is 1160. The van der Waals surface area contributed by atoms with E-state index in [2.05, 4.69) is 40.7 Å². The summed E-state index contributed by atoms with van der Waals surface area (Å²) in [6.45, 7) is 4.22. The first kappa shape index (κ1) is 21.1. The second-order valence-electron chi connectivity index (χ2n) is 6.69. The molecule has 1 saturated heterocycles. The van der Waals surface area contributed by atoms with Crippen LogP contribution in [-0.4, -0.2) is 73.1 Å². The lowest BCUT2D eigenvalue weighted by molar-refractivity contribution is -0.402. The molecule has 16 heteroatoms. The fourth-order valence-corrected chi connectivity index (χ4v) is 2.96. The molecule has 0 spiro atoms. The van der Waals surface area contributed by atoms with Crippen LogP contribution >= 0.6 is 0 Å². The summed E-state index contributed by atoms with van der Waals surface area (Å²) in [5.74, 6) is -0.873. The summed E-state index contributed by atoms with van der Waals surface area (Å²) in [6.07, 6.45) is 0. The number of nitrogen functional groups attached to an aromatic ring is 1. The van der Waals surface area contributed by atoms with Crippen LogP contribution < -0.4 is 11.2 Å². The fourth-order valence-electron chi connectivity index (χ4n) is 2.96. The highest BCUT2D eigenvalue weighted by molar-refractivity contribution is 5.99. The molecule has 0 saturated carbocycles. The molecule has 168 valence electrons. The predicted octanol–water partition coefficient (Wildman–Crippen LogP) is -0.280. The van der Waals surface area contributed by atoms with Gasteiger partial charge in [-0.1, -0.05) is 5.21 Å². The SMILES string of the molecule is C/C(=N\NC(=O)c1nnn(-c2nonc2N)c1CN1CCOCC1)c1ccc([N+](=O)[O-])o1. The van der Waals surface area contributed by atoms with Crippen molar-refractivity contribution >= 4 is 23.3 Å². The van der Waals surface area contributed by atoms with Crippen LogP contribution in [0.1, 0.15) is 28.9 Å². The van der Waals surface area contributed by atoms with Crippen molar-refractivity contribution in [3.05, 3.63) is 39.4 Å². The zero-order chi connectivity index (χ0) is 22.7. The summed E-state index contributed by atoms with van der Waals surface area (Å²) in [4.78, 5) is 25.0. The molecule has 1 aliphatic heterocycles. The van der Waals surface area contributed by atoms with Crippen molar-refractivity contribution in [2.45, 2.75) is 13.5 Å². The fraction of sp³-hybridized carbons (Fsp3) is 0.375. The number of anilines is 1. The molecule has 0 aromatic carbocycles. The Morgan fingerprint density at radius 1 is 1.34 bits per heavy atom. The highest BCUT2D eigenvalue weighted by atomic mass is 16.6. The lowest BCUT2D eigenvalue weighted by Gasteiger charge is -2.26. The number of ether oxygens (including phenoxy) is 1. The van der Waals surface area contributed by atoms with E-state index in [4.69, 9.17) is 14.9 Å². The van der Waals surface area contributed by atoms with Gasteiger partial charge in [0.1, 0.15) is 10.6 Å². The van der Waals surface area contributed by atoms with Crippen molar-refractivity contribution in [3.63, 3.8) is 0 Å². The second kappa shape index (κ2) is 8.90. The number of nitrogens with zero attached hydrogens (tertiary/aromatic N) is 8. The lowest BCUT2D eigenvalue weighted by atomic mass is 10.2. The molecule has 1 amide bonds. The number of amides is 1. The number of aromatic nitrogens is 5.